The highest BCUT2D eigenvalue weighted by molar-refractivity contribution is 5.76. The minimum atomic E-state index is -0.734. The van der Waals surface area contributed by atoms with Gasteiger partial charge in [0.05, 0.1) is 5.92 Å². The Labute approximate surface area is 120 Å². The van der Waals surface area contributed by atoms with Crippen molar-refractivity contribution < 1.29 is 14.7 Å². The van der Waals surface area contributed by atoms with E-state index >= 15 is 0 Å². The summed E-state index contributed by atoms with van der Waals surface area (Å²) in [6, 6.07) is 0.411. The molecule has 0 aliphatic carbocycles. The molecule has 0 aromatic carbocycles. The van der Waals surface area contributed by atoms with E-state index in [0.29, 0.717) is 32.0 Å². The average Bonchev–Trinajstić information content (AvgIpc) is 2.49. The van der Waals surface area contributed by atoms with Gasteiger partial charge in [0.2, 0.25) is 0 Å². The Morgan fingerprint density at radius 2 is 1.80 bits per heavy atom. The van der Waals surface area contributed by atoms with Crippen molar-refractivity contribution in [2.75, 3.05) is 32.7 Å². The number of nitrogens with one attached hydrogen (secondary N) is 1. The molecule has 2 N–H and O–H groups in total. The zero-order valence-electron chi connectivity index (χ0n) is 12.2. The van der Waals surface area contributed by atoms with E-state index in [1.807, 2.05) is 16.7 Å². The number of carbonyl (C=O) groups is 2. The largest absolute Gasteiger partial charge is 0.481 e. The molecule has 0 saturated carbocycles. The lowest BCUT2D eigenvalue weighted by Gasteiger charge is -2.39. The fourth-order valence-corrected chi connectivity index (χ4v) is 3.17. The predicted octanol–water partition coefficient (Wildman–Crippen LogP) is 0.977. The summed E-state index contributed by atoms with van der Waals surface area (Å²) in [5, 5.41) is 12.3. The molecule has 0 unspecified atom stereocenters. The molecule has 0 spiro atoms. The predicted molar refractivity (Wildman–Crippen MR) is 75.6 cm³/mol. The van der Waals surface area contributed by atoms with E-state index in [0.717, 1.165) is 32.5 Å². The Bertz CT molecular complexity index is 348. The summed E-state index contributed by atoms with van der Waals surface area (Å²) in [7, 11) is 0. The van der Waals surface area contributed by atoms with Crippen molar-refractivity contribution in [3.8, 4) is 0 Å². The minimum Gasteiger partial charge on any atom is -0.481 e. The summed E-state index contributed by atoms with van der Waals surface area (Å²) in [6.07, 6.45) is 3.16. The van der Waals surface area contributed by atoms with Gasteiger partial charge in [0.1, 0.15) is 0 Å². The molecule has 2 rings (SSSR count). The van der Waals surface area contributed by atoms with Crippen molar-refractivity contribution in [2.24, 2.45) is 5.92 Å². The van der Waals surface area contributed by atoms with Crippen molar-refractivity contribution in [1.82, 2.24) is 15.1 Å². The van der Waals surface area contributed by atoms with Crippen LogP contribution in [0.25, 0.3) is 0 Å². The molecule has 0 bridgehead atoms. The van der Waals surface area contributed by atoms with Gasteiger partial charge < -0.3 is 20.2 Å². The van der Waals surface area contributed by atoms with Gasteiger partial charge in [-0.1, -0.05) is 0 Å². The molecule has 0 aromatic rings. The first kappa shape index (κ1) is 15.1. The highest BCUT2D eigenvalue weighted by Crippen LogP contribution is 2.20. The highest BCUT2D eigenvalue weighted by Gasteiger charge is 2.31. The maximum Gasteiger partial charge on any atom is 0.320 e. The molecule has 2 aliphatic rings. The van der Waals surface area contributed by atoms with E-state index in [9.17, 15) is 9.59 Å². The average molecular weight is 283 g/mol. The maximum absolute atomic E-state index is 12.6. The molecule has 2 saturated heterocycles. The second kappa shape index (κ2) is 6.92. The number of nitrogens with zero attached hydrogens (tertiary/aromatic N) is 2. The number of likely N-dealkylation sites (tertiary alicyclic amines) is 1. The lowest BCUT2D eigenvalue weighted by atomic mass is 9.97. The topological polar surface area (TPSA) is 72.9 Å². The van der Waals surface area contributed by atoms with Crippen LogP contribution in [0.15, 0.2) is 0 Å². The Balaban J connectivity index is 1.90. The van der Waals surface area contributed by atoms with Crippen LogP contribution in [0.2, 0.25) is 0 Å². The van der Waals surface area contributed by atoms with E-state index in [-0.39, 0.29) is 11.9 Å². The first-order chi connectivity index (χ1) is 9.63. The Kier molecular flexibility index (Phi) is 5.23. The molecule has 2 amide bonds. The molecule has 0 atom stereocenters. The fraction of sp³-hybridized carbons (Fsp3) is 0.857. The van der Waals surface area contributed by atoms with Gasteiger partial charge in [-0.05, 0) is 45.7 Å². The van der Waals surface area contributed by atoms with Crippen LogP contribution in [0.1, 0.15) is 32.6 Å². The number of carboxylic acids is 1. The number of amides is 2. The van der Waals surface area contributed by atoms with Crippen LogP contribution >= 0.6 is 0 Å². The van der Waals surface area contributed by atoms with Gasteiger partial charge in [-0.2, -0.15) is 0 Å². The molecular weight excluding hydrogens is 258 g/mol. The SMILES string of the molecule is CCN(C(=O)N1CCC(C(=O)O)CC1)C1CCNCC1. The number of carbonyl (C=O) groups excluding carboxylic acids is 1. The second-order valence-corrected chi connectivity index (χ2v) is 5.65. The standard InChI is InChI=1S/C14H25N3O3/c1-2-17(12-3-7-15-8-4-12)14(20)16-9-5-11(6-10-16)13(18)19/h11-12,15H,2-10H2,1H3,(H,18,19). The van der Waals surface area contributed by atoms with Gasteiger partial charge in [0.25, 0.3) is 0 Å². The van der Waals surface area contributed by atoms with E-state index < -0.39 is 5.97 Å². The highest BCUT2D eigenvalue weighted by atomic mass is 16.4. The summed E-state index contributed by atoms with van der Waals surface area (Å²) >= 11 is 0. The summed E-state index contributed by atoms with van der Waals surface area (Å²) in [6.45, 7) is 5.81. The monoisotopic (exact) mass is 283 g/mol. The third-order valence-electron chi connectivity index (χ3n) is 4.45. The quantitative estimate of drug-likeness (QED) is 0.810. The maximum atomic E-state index is 12.6. The third-order valence-corrected chi connectivity index (χ3v) is 4.45. The smallest absolute Gasteiger partial charge is 0.320 e. The number of hydrogen-bond acceptors (Lipinski definition) is 3. The summed E-state index contributed by atoms with van der Waals surface area (Å²) in [4.78, 5) is 27.3. The van der Waals surface area contributed by atoms with Gasteiger partial charge in [-0.3, -0.25) is 4.79 Å². The van der Waals surface area contributed by atoms with Gasteiger partial charge in [0, 0.05) is 25.7 Å². The summed E-state index contributed by atoms with van der Waals surface area (Å²) in [5.74, 6) is -1.02. The molecule has 114 valence electrons. The zero-order chi connectivity index (χ0) is 14.5. The number of piperidine rings is 2. The van der Waals surface area contributed by atoms with Crippen LogP contribution < -0.4 is 5.32 Å². The van der Waals surface area contributed by atoms with Crippen molar-refractivity contribution in [1.29, 1.82) is 0 Å². The Hall–Kier alpha value is -1.30. The van der Waals surface area contributed by atoms with Gasteiger partial charge in [-0.25, -0.2) is 4.79 Å². The van der Waals surface area contributed by atoms with Crippen LogP contribution in [0, 0.1) is 5.92 Å². The normalized spacial score (nSPS) is 21.8. The van der Waals surface area contributed by atoms with Crippen LogP contribution in [0.3, 0.4) is 0 Å². The molecule has 2 fully saturated rings. The number of rotatable bonds is 3. The Morgan fingerprint density at radius 3 is 2.30 bits per heavy atom. The zero-order valence-corrected chi connectivity index (χ0v) is 12.2. The molecule has 6 nitrogen and oxygen atoms in total. The van der Waals surface area contributed by atoms with Crippen molar-refractivity contribution in [3.63, 3.8) is 0 Å². The van der Waals surface area contributed by atoms with E-state index in [1.165, 1.54) is 0 Å². The second-order valence-electron chi connectivity index (χ2n) is 5.65. The number of aliphatic carboxylic acids is 1. The number of urea groups is 1. The molecule has 2 heterocycles. The van der Waals surface area contributed by atoms with E-state index in [2.05, 4.69) is 5.32 Å². The van der Waals surface area contributed by atoms with Gasteiger partial charge in [-0.15, -0.1) is 0 Å². The van der Waals surface area contributed by atoms with Crippen LogP contribution in [-0.4, -0.2) is 65.7 Å². The fourth-order valence-electron chi connectivity index (χ4n) is 3.17. The summed E-state index contributed by atoms with van der Waals surface area (Å²) in [5.41, 5.74) is 0. The molecular formula is C14H25N3O3. The number of carboxylic acid groups (broad SMARTS) is 1. The molecule has 2 aliphatic heterocycles. The first-order valence-corrected chi connectivity index (χ1v) is 7.62. The van der Waals surface area contributed by atoms with Crippen molar-refractivity contribution in [3.05, 3.63) is 0 Å². The van der Waals surface area contributed by atoms with E-state index in [4.69, 9.17) is 5.11 Å². The minimum absolute atomic E-state index is 0.0863. The molecule has 20 heavy (non-hydrogen) atoms. The van der Waals surface area contributed by atoms with Crippen LogP contribution in [-0.2, 0) is 4.79 Å². The van der Waals surface area contributed by atoms with Gasteiger partial charge in [0.15, 0.2) is 0 Å². The van der Waals surface area contributed by atoms with E-state index in [1.54, 1.807) is 0 Å². The number of hydrogen-bond donors (Lipinski definition) is 2. The lowest BCUT2D eigenvalue weighted by molar-refractivity contribution is -0.143. The Morgan fingerprint density at radius 1 is 1.20 bits per heavy atom. The molecule has 6 heteroatoms. The van der Waals surface area contributed by atoms with Crippen LogP contribution in [0.4, 0.5) is 4.79 Å². The molecule has 0 aromatic heterocycles. The van der Waals surface area contributed by atoms with Crippen LogP contribution in [0.5, 0.6) is 0 Å². The lowest BCUT2D eigenvalue weighted by Crippen LogP contribution is -2.53. The molecule has 0 radical (unpaired) electrons. The van der Waals surface area contributed by atoms with Crippen molar-refractivity contribution >= 4 is 12.0 Å². The first-order valence-electron chi connectivity index (χ1n) is 7.62. The van der Waals surface area contributed by atoms with Gasteiger partial charge >= 0.3 is 12.0 Å². The third kappa shape index (κ3) is 3.42. The van der Waals surface area contributed by atoms with Crippen molar-refractivity contribution in [2.45, 2.75) is 38.6 Å². The summed E-state index contributed by atoms with van der Waals surface area (Å²) < 4.78 is 0.